The van der Waals surface area contributed by atoms with E-state index in [1.54, 1.807) is 12.3 Å². The number of benzene rings is 1. The summed E-state index contributed by atoms with van der Waals surface area (Å²) in [6.45, 7) is 0.653. The van der Waals surface area contributed by atoms with Gasteiger partial charge in [0.15, 0.2) is 0 Å². The molecule has 0 atom stereocenters. The minimum atomic E-state index is -0.487. The smallest absolute Gasteiger partial charge is 0.283 e. The van der Waals surface area contributed by atoms with Crippen molar-refractivity contribution in [2.75, 3.05) is 5.32 Å². The molecule has 1 N–H and O–H groups in total. The quantitative estimate of drug-likeness (QED) is 0.884. The highest BCUT2D eigenvalue weighted by Crippen LogP contribution is 2.30. The van der Waals surface area contributed by atoms with Gasteiger partial charge in [-0.05, 0) is 52.9 Å². The number of aromatic nitrogens is 2. The van der Waals surface area contributed by atoms with Crippen LogP contribution in [0.2, 0.25) is 5.02 Å². The van der Waals surface area contributed by atoms with E-state index < -0.39 is 5.82 Å². The Morgan fingerprint density at radius 1 is 1.48 bits per heavy atom. The van der Waals surface area contributed by atoms with E-state index in [9.17, 15) is 9.18 Å². The minimum Gasteiger partial charge on any atom is -0.353 e. The van der Waals surface area contributed by atoms with Crippen LogP contribution in [0.4, 0.5) is 15.8 Å². The average Bonchev–Trinajstić information content (AvgIpc) is 3.26. The van der Waals surface area contributed by atoms with Gasteiger partial charge in [0.2, 0.25) is 0 Å². The maximum absolute atomic E-state index is 13.1. The summed E-state index contributed by atoms with van der Waals surface area (Å²) in [4.78, 5) is 12.2. The van der Waals surface area contributed by atoms with E-state index in [0.29, 0.717) is 28.3 Å². The molecule has 0 spiro atoms. The van der Waals surface area contributed by atoms with Crippen LogP contribution >= 0.6 is 27.5 Å². The summed E-state index contributed by atoms with van der Waals surface area (Å²) in [5.74, 6) is 0.0797. The van der Waals surface area contributed by atoms with Crippen molar-refractivity contribution >= 4 is 38.9 Å². The third-order valence-corrected chi connectivity index (χ3v) is 4.37. The summed E-state index contributed by atoms with van der Waals surface area (Å²) in [6.07, 6.45) is 3.88. The highest BCUT2D eigenvalue weighted by Gasteiger charge is 2.23. The standard InChI is InChI=1S/C14H12BrClFN3O/c15-13-12(19-9-3-4-11(17)10(16)5-9)6-18-20(14(13)21)7-8-1-2-8/h3-6,8,19H,1-2,7H2. The molecule has 0 aliphatic heterocycles. The van der Waals surface area contributed by atoms with Crippen LogP contribution in [0.1, 0.15) is 12.8 Å². The average molecular weight is 373 g/mol. The van der Waals surface area contributed by atoms with E-state index in [2.05, 4.69) is 26.3 Å². The molecular formula is C14H12BrClFN3O. The molecule has 0 unspecified atom stereocenters. The maximum Gasteiger partial charge on any atom is 0.283 e. The Morgan fingerprint density at radius 3 is 2.90 bits per heavy atom. The molecule has 110 valence electrons. The Kier molecular flexibility index (Phi) is 3.99. The Hall–Kier alpha value is -1.40. The monoisotopic (exact) mass is 371 g/mol. The predicted octanol–water partition coefficient (Wildman–Crippen LogP) is 3.95. The van der Waals surface area contributed by atoms with Gasteiger partial charge in [-0.3, -0.25) is 4.79 Å². The first-order valence-corrected chi connectivity index (χ1v) is 7.69. The molecule has 1 aromatic carbocycles. The highest BCUT2D eigenvalue weighted by atomic mass is 79.9. The van der Waals surface area contributed by atoms with E-state index in [-0.39, 0.29) is 10.6 Å². The first-order chi connectivity index (χ1) is 10.0. The van der Waals surface area contributed by atoms with Crippen LogP contribution < -0.4 is 10.9 Å². The van der Waals surface area contributed by atoms with Gasteiger partial charge in [-0.2, -0.15) is 5.10 Å². The molecule has 1 aliphatic carbocycles. The molecule has 1 heterocycles. The van der Waals surface area contributed by atoms with E-state index in [4.69, 9.17) is 11.6 Å². The lowest BCUT2D eigenvalue weighted by molar-refractivity contribution is 0.532. The van der Waals surface area contributed by atoms with Gasteiger partial charge in [0.25, 0.3) is 5.56 Å². The second kappa shape index (κ2) is 5.77. The van der Waals surface area contributed by atoms with Crippen LogP contribution in [-0.4, -0.2) is 9.78 Å². The highest BCUT2D eigenvalue weighted by molar-refractivity contribution is 9.10. The lowest BCUT2D eigenvalue weighted by Gasteiger charge is -2.10. The third kappa shape index (κ3) is 3.27. The molecule has 1 aliphatic rings. The number of halogens is 3. The van der Waals surface area contributed by atoms with Crippen molar-refractivity contribution in [3.63, 3.8) is 0 Å². The molecule has 0 bridgehead atoms. The van der Waals surface area contributed by atoms with Gasteiger partial charge in [-0.15, -0.1) is 0 Å². The van der Waals surface area contributed by atoms with Gasteiger partial charge >= 0.3 is 0 Å². The summed E-state index contributed by atoms with van der Waals surface area (Å²) >= 11 is 9.02. The van der Waals surface area contributed by atoms with Crippen molar-refractivity contribution < 1.29 is 4.39 Å². The molecule has 0 saturated heterocycles. The summed E-state index contributed by atoms with van der Waals surface area (Å²) in [6, 6.07) is 4.27. The topological polar surface area (TPSA) is 46.9 Å². The number of nitrogens with zero attached hydrogens (tertiary/aromatic N) is 2. The van der Waals surface area contributed by atoms with E-state index in [0.717, 1.165) is 12.8 Å². The molecule has 1 aromatic heterocycles. The zero-order chi connectivity index (χ0) is 15.0. The molecule has 1 fully saturated rings. The summed E-state index contributed by atoms with van der Waals surface area (Å²) in [5.41, 5.74) is 0.929. The van der Waals surface area contributed by atoms with Crippen LogP contribution in [0, 0.1) is 11.7 Å². The van der Waals surface area contributed by atoms with Crippen LogP contribution in [0.5, 0.6) is 0 Å². The Morgan fingerprint density at radius 2 is 2.24 bits per heavy atom. The maximum atomic E-state index is 13.1. The zero-order valence-electron chi connectivity index (χ0n) is 10.9. The van der Waals surface area contributed by atoms with Crippen molar-refractivity contribution in [3.05, 3.63) is 50.1 Å². The SMILES string of the molecule is O=c1c(Br)c(Nc2ccc(F)c(Cl)c2)cnn1CC1CC1. The Balaban J connectivity index is 1.86. The van der Waals surface area contributed by atoms with Gasteiger partial charge in [0, 0.05) is 12.2 Å². The second-order valence-electron chi connectivity index (χ2n) is 5.06. The summed E-state index contributed by atoms with van der Waals surface area (Å²) < 4.78 is 15.0. The van der Waals surface area contributed by atoms with Crippen molar-refractivity contribution in [3.8, 4) is 0 Å². The number of hydrogen-bond donors (Lipinski definition) is 1. The van der Waals surface area contributed by atoms with Crippen molar-refractivity contribution in [1.82, 2.24) is 9.78 Å². The van der Waals surface area contributed by atoms with Crippen LogP contribution in [0.15, 0.2) is 33.7 Å². The molecular weight excluding hydrogens is 361 g/mol. The van der Waals surface area contributed by atoms with Crippen LogP contribution in [0.25, 0.3) is 0 Å². The van der Waals surface area contributed by atoms with E-state index in [1.807, 2.05) is 0 Å². The van der Waals surface area contributed by atoms with Gasteiger partial charge < -0.3 is 5.32 Å². The second-order valence-corrected chi connectivity index (χ2v) is 6.26. The molecule has 4 nitrogen and oxygen atoms in total. The first-order valence-electron chi connectivity index (χ1n) is 6.52. The number of hydrogen-bond acceptors (Lipinski definition) is 3. The summed E-state index contributed by atoms with van der Waals surface area (Å²) in [7, 11) is 0. The number of rotatable bonds is 4. The molecule has 21 heavy (non-hydrogen) atoms. The predicted molar refractivity (Wildman–Crippen MR) is 83.6 cm³/mol. The van der Waals surface area contributed by atoms with E-state index in [1.165, 1.54) is 16.8 Å². The molecule has 7 heteroatoms. The van der Waals surface area contributed by atoms with E-state index >= 15 is 0 Å². The van der Waals surface area contributed by atoms with Gasteiger partial charge in [0.1, 0.15) is 10.3 Å². The molecule has 3 rings (SSSR count). The fourth-order valence-corrected chi connectivity index (χ4v) is 2.54. The lowest BCUT2D eigenvalue weighted by atomic mass is 10.3. The third-order valence-electron chi connectivity index (χ3n) is 3.31. The fourth-order valence-electron chi connectivity index (χ4n) is 1.96. The molecule has 0 radical (unpaired) electrons. The normalized spacial score (nSPS) is 14.2. The van der Waals surface area contributed by atoms with Gasteiger partial charge in [-0.25, -0.2) is 9.07 Å². The van der Waals surface area contributed by atoms with Crippen LogP contribution in [0.3, 0.4) is 0 Å². The lowest BCUT2D eigenvalue weighted by Crippen LogP contribution is -2.24. The number of anilines is 2. The summed E-state index contributed by atoms with van der Waals surface area (Å²) in [5, 5.41) is 7.18. The zero-order valence-corrected chi connectivity index (χ0v) is 13.3. The Labute approximate surface area is 134 Å². The molecule has 1 saturated carbocycles. The van der Waals surface area contributed by atoms with Gasteiger partial charge in [-0.1, -0.05) is 11.6 Å². The van der Waals surface area contributed by atoms with Crippen molar-refractivity contribution in [2.24, 2.45) is 5.92 Å². The molecule has 0 amide bonds. The largest absolute Gasteiger partial charge is 0.353 e. The first kappa shape index (κ1) is 14.5. The minimum absolute atomic E-state index is 0.0196. The van der Waals surface area contributed by atoms with Gasteiger partial charge in [0.05, 0.1) is 16.9 Å². The number of nitrogens with one attached hydrogen (secondary N) is 1. The fraction of sp³-hybridized carbons (Fsp3) is 0.286. The molecule has 2 aromatic rings. The van der Waals surface area contributed by atoms with Crippen LogP contribution in [-0.2, 0) is 6.54 Å². The van der Waals surface area contributed by atoms with Crippen molar-refractivity contribution in [2.45, 2.75) is 19.4 Å². The Bertz CT molecular complexity index is 745. The van der Waals surface area contributed by atoms with Crippen molar-refractivity contribution in [1.29, 1.82) is 0 Å².